The SMILES string of the molecule is CN(Cc1cccc(Cl)c1)C(=O)NCCc1c[nH]c2ccccc12. The second kappa shape index (κ2) is 7.41. The monoisotopic (exact) mass is 341 g/mol. The molecule has 0 radical (unpaired) electrons. The van der Waals surface area contributed by atoms with Crippen molar-refractivity contribution in [3.05, 3.63) is 70.9 Å². The summed E-state index contributed by atoms with van der Waals surface area (Å²) >= 11 is 5.97. The third-order valence-electron chi connectivity index (χ3n) is 4.00. The van der Waals surface area contributed by atoms with Crippen LogP contribution in [0.5, 0.6) is 0 Å². The Kier molecular flexibility index (Phi) is 5.06. The first kappa shape index (κ1) is 16.4. The third kappa shape index (κ3) is 3.89. The zero-order valence-corrected chi connectivity index (χ0v) is 14.3. The number of urea groups is 1. The number of carbonyl (C=O) groups excluding carboxylic acids is 1. The number of hydrogen-bond acceptors (Lipinski definition) is 1. The zero-order chi connectivity index (χ0) is 16.9. The van der Waals surface area contributed by atoms with Gasteiger partial charge in [0.05, 0.1) is 0 Å². The van der Waals surface area contributed by atoms with Gasteiger partial charge in [-0.2, -0.15) is 0 Å². The number of carbonyl (C=O) groups is 1. The lowest BCUT2D eigenvalue weighted by Gasteiger charge is -2.18. The van der Waals surface area contributed by atoms with Crippen LogP contribution < -0.4 is 5.32 Å². The molecular weight excluding hydrogens is 322 g/mol. The number of fused-ring (bicyclic) bond motifs is 1. The standard InChI is InChI=1S/C19H20ClN3O/c1-23(13-14-5-4-6-16(20)11-14)19(24)21-10-9-15-12-22-18-8-3-2-7-17(15)18/h2-8,11-12,22H,9-10,13H2,1H3,(H,21,24). The van der Waals surface area contributed by atoms with Crippen LogP contribution in [0.25, 0.3) is 10.9 Å². The first-order chi connectivity index (χ1) is 11.6. The number of aromatic amines is 1. The van der Waals surface area contributed by atoms with Gasteiger partial charge >= 0.3 is 6.03 Å². The van der Waals surface area contributed by atoms with Crippen LogP contribution in [0.3, 0.4) is 0 Å². The van der Waals surface area contributed by atoms with Gasteiger partial charge in [-0.1, -0.05) is 41.9 Å². The smallest absolute Gasteiger partial charge is 0.317 e. The van der Waals surface area contributed by atoms with Crippen molar-refractivity contribution in [3.63, 3.8) is 0 Å². The van der Waals surface area contributed by atoms with Crippen LogP contribution in [-0.2, 0) is 13.0 Å². The van der Waals surface area contributed by atoms with E-state index in [9.17, 15) is 4.79 Å². The summed E-state index contributed by atoms with van der Waals surface area (Å²) in [4.78, 5) is 17.1. The highest BCUT2D eigenvalue weighted by Crippen LogP contribution is 2.17. The molecule has 2 amide bonds. The summed E-state index contributed by atoms with van der Waals surface area (Å²) in [5.74, 6) is 0. The van der Waals surface area contributed by atoms with E-state index in [4.69, 9.17) is 11.6 Å². The van der Waals surface area contributed by atoms with Gasteiger partial charge in [-0.15, -0.1) is 0 Å². The van der Waals surface area contributed by atoms with Gasteiger partial charge in [-0.3, -0.25) is 0 Å². The number of para-hydroxylation sites is 1. The first-order valence-electron chi connectivity index (χ1n) is 7.92. The van der Waals surface area contributed by atoms with Crippen LogP contribution in [0.15, 0.2) is 54.7 Å². The molecule has 0 unspecified atom stereocenters. The Morgan fingerprint density at radius 3 is 2.88 bits per heavy atom. The molecule has 24 heavy (non-hydrogen) atoms. The second-order valence-electron chi connectivity index (χ2n) is 5.83. The fraction of sp³-hybridized carbons (Fsp3) is 0.211. The van der Waals surface area contributed by atoms with Crippen molar-refractivity contribution in [1.29, 1.82) is 0 Å². The van der Waals surface area contributed by atoms with Crippen molar-refractivity contribution in [2.45, 2.75) is 13.0 Å². The van der Waals surface area contributed by atoms with E-state index in [-0.39, 0.29) is 6.03 Å². The molecule has 1 heterocycles. The predicted molar refractivity (Wildman–Crippen MR) is 98.3 cm³/mol. The Balaban J connectivity index is 1.51. The molecule has 0 aliphatic rings. The number of nitrogens with one attached hydrogen (secondary N) is 2. The van der Waals surface area contributed by atoms with E-state index >= 15 is 0 Å². The minimum Gasteiger partial charge on any atom is -0.361 e. The summed E-state index contributed by atoms with van der Waals surface area (Å²) in [5, 5.41) is 4.85. The van der Waals surface area contributed by atoms with E-state index < -0.39 is 0 Å². The van der Waals surface area contributed by atoms with Gasteiger partial charge in [-0.05, 0) is 35.7 Å². The van der Waals surface area contributed by atoms with Gasteiger partial charge in [0.25, 0.3) is 0 Å². The molecular formula is C19H20ClN3O. The van der Waals surface area contributed by atoms with Crippen molar-refractivity contribution in [3.8, 4) is 0 Å². The van der Waals surface area contributed by atoms with E-state index in [2.05, 4.69) is 22.4 Å². The Bertz CT molecular complexity index is 843. The van der Waals surface area contributed by atoms with Crippen molar-refractivity contribution in [1.82, 2.24) is 15.2 Å². The van der Waals surface area contributed by atoms with Crippen LogP contribution in [0.1, 0.15) is 11.1 Å². The fourth-order valence-corrected chi connectivity index (χ4v) is 2.97. The average molecular weight is 342 g/mol. The molecule has 4 nitrogen and oxygen atoms in total. The number of hydrogen-bond donors (Lipinski definition) is 2. The van der Waals surface area contributed by atoms with Gasteiger partial charge in [-0.25, -0.2) is 4.79 Å². The fourth-order valence-electron chi connectivity index (χ4n) is 2.76. The van der Waals surface area contributed by atoms with Crippen LogP contribution in [-0.4, -0.2) is 29.5 Å². The van der Waals surface area contributed by atoms with Gasteiger partial charge in [0.2, 0.25) is 0 Å². The second-order valence-corrected chi connectivity index (χ2v) is 6.26. The Hall–Kier alpha value is -2.46. The molecule has 3 rings (SSSR count). The molecule has 0 fully saturated rings. The molecule has 0 saturated heterocycles. The molecule has 0 aliphatic carbocycles. The van der Waals surface area contributed by atoms with E-state index in [1.807, 2.05) is 42.6 Å². The number of halogens is 1. The number of H-pyrrole nitrogens is 1. The van der Waals surface area contributed by atoms with Crippen molar-refractivity contribution < 1.29 is 4.79 Å². The average Bonchev–Trinajstić information content (AvgIpc) is 2.98. The van der Waals surface area contributed by atoms with E-state index in [0.29, 0.717) is 18.1 Å². The summed E-state index contributed by atoms with van der Waals surface area (Å²) in [7, 11) is 1.78. The molecule has 3 aromatic rings. The minimum absolute atomic E-state index is 0.0881. The molecule has 0 atom stereocenters. The lowest BCUT2D eigenvalue weighted by Crippen LogP contribution is -2.37. The van der Waals surface area contributed by atoms with Crippen molar-refractivity contribution >= 4 is 28.5 Å². The molecule has 0 bridgehead atoms. The van der Waals surface area contributed by atoms with Crippen LogP contribution in [0.2, 0.25) is 5.02 Å². The number of aromatic nitrogens is 1. The molecule has 0 aliphatic heterocycles. The lowest BCUT2D eigenvalue weighted by atomic mass is 10.1. The van der Waals surface area contributed by atoms with E-state index in [1.54, 1.807) is 11.9 Å². The van der Waals surface area contributed by atoms with Crippen molar-refractivity contribution in [2.24, 2.45) is 0 Å². The zero-order valence-electron chi connectivity index (χ0n) is 13.6. The maximum absolute atomic E-state index is 12.2. The van der Waals surface area contributed by atoms with Gasteiger partial charge in [0.1, 0.15) is 0 Å². The summed E-state index contributed by atoms with van der Waals surface area (Å²) in [5.41, 5.74) is 3.34. The lowest BCUT2D eigenvalue weighted by molar-refractivity contribution is 0.207. The molecule has 0 saturated carbocycles. The molecule has 2 N–H and O–H groups in total. The van der Waals surface area contributed by atoms with Gasteiger partial charge in [0.15, 0.2) is 0 Å². The normalized spacial score (nSPS) is 10.8. The van der Waals surface area contributed by atoms with E-state index in [0.717, 1.165) is 17.5 Å². The summed E-state index contributed by atoms with van der Waals surface area (Å²) in [6.07, 6.45) is 2.80. The largest absolute Gasteiger partial charge is 0.361 e. The highest BCUT2D eigenvalue weighted by Gasteiger charge is 2.09. The predicted octanol–water partition coefficient (Wildman–Crippen LogP) is 4.21. The Labute approximate surface area is 146 Å². The van der Waals surface area contributed by atoms with Crippen LogP contribution in [0.4, 0.5) is 4.79 Å². The molecule has 5 heteroatoms. The van der Waals surface area contributed by atoms with Crippen LogP contribution >= 0.6 is 11.6 Å². The maximum Gasteiger partial charge on any atom is 0.317 e. The Morgan fingerprint density at radius 1 is 1.21 bits per heavy atom. The molecule has 0 spiro atoms. The highest BCUT2D eigenvalue weighted by molar-refractivity contribution is 6.30. The number of rotatable bonds is 5. The number of nitrogens with zero attached hydrogens (tertiary/aromatic N) is 1. The van der Waals surface area contributed by atoms with E-state index in [1.165, 1.54) is 10.9 Å². The van der Waals surface area contributed by atoms with Gasteiger partial charge in [0, 0.05) is 42.3 Å². The molecule has 1 aromatic heterocycles. The number of benzene rings is 2. The quantitative estimate of drug-likeness (QED) is 0.717. The van der Waals surface area contributed by atoms with Crippen molar-refractivity contribution in [2.75, 3.05) is 13.6 Å². The summed E-state index contributed by atoms with van der Waals surface area (Å²) in [6.45, 7) is 1.13. The topological polar surface area (TPSA) is 48.1 Å². The molecule has 2 aromatic carbocycles. The summed E-state index contributed by atoms with van der Waals surface area (Å²) < 4.78 is 0. The molecule has 124 valence electrons. The van der Waals surface area contributed by atoms with Gasteiger partial charge < -0.3 is 15.2 Å². The van der Waals surface area contributed by atoms with Crippen LogP contribution in [0, 0.1) is 0 Å². The minimum atomic E-state index is -0.0881. The summed E-state index contributed by atoms with van der Waals surface area (Å²) in [6, 6.07) is 15.6. The Morgan fingerprint density at radius 2 is 2.04 bits per heavy atom. The highest BCUT2D eigenvalue weighted by atomic mass is 35.5. The number of amides is 2. The third-order valence-corrected chi connectivity index (χ3v) is 4.24. The first-order valence-corrected chi connectivity index (χ1v) is 8.29. The maximum atomic E-state index is 12.2.